The molecular formula is C12H19FS. The highest BCUT2D eigenvalue weighted by atomic mass is 32.1. The average molecular weight is 214 g/mol. The van der Waals surface area contributed by atoms with Crippen LogP contribution in [0.3, 0.4) is 0 Å². The number of thiol groups is 1. The molecule has 0 radical (unpaired) electrons. The number of hydrogen-bond donors (Lipinski definition) is 1. The van der Waals surface area contributed by atoms with Crippen LogP contribution < -0.4 is 0 Å². The molecule has 0 spiro atoms. The van der Waals surface area contributed by atoms with E-state index in [2.05, 4.69) is 32.4 Å². The van der Waals surface area contributed by atoms with Crippen molar-refractivity contribution in [1.82, 2.24) is 0 Å². The molecule has 0 aromatic rings. The molecule has 0 aliphatic rings. The number of halogens is 1. The lowest BCUT2D eigenvalue weighted by atomic mass is 10.0. The van der Waals surface area contributed by atoms with Crippen molar-refractivity contribution in [2.75, 3.05) is 6.67 Å². The Morgan fingerprint density at radius 1 is 0.857 bits per heavy atom. The molecule has 80 valence electrons. The van der Waals surface area contributed by atoms with Crippen molar-refractivity contribution in [2.45, 2.75) is 32.1 Å². The zero-order valence-electron chi connectivity index (χ0n) is 8.69. The molecule has 0 amide bonds. The van der Waals surface area contributed by atoms with Crippen molar-refractivity contribution in [2.24, 2.45) is 0 Å². The average Bonchev–Trinajstić information content (AvgIpc) is 2.12. The van der Waals surface area contributed by atoms with Crippen molar-refractivity contribution in [3.05, 3.63) is 35.8 Å². The molecule has 0 unspecified atom stereocenters. The number of hydrogen-bond acceptors (Lipinski definition) is 1. The highest BCUT2D eigenvalue weighted by Crippen LogP contribution is 2.18. The van der Waals surface area contributed by atoms with Crippen LogP contribution in [0.4, 0.5) is 4.39 Å². The van der Waals surface area contributed by atoms with Crippen LogP contribution >= 0.6 is 12.6 Å². The summed E-state index contributed by atoms with van der Waals surface area (Å²) in [6, 6.07) is 0. The first-order valence-electron chi connectivity index (χ1n) is 4.82. The van der Waals surface area contributed by atoms with E-state index in [4.69, 9.17) is 0 Å². The monoisotopic (exact) mass is 214 g/mol. The Bertz CT molecular complexity index is 218. The topological polar surface area (TPSA) is 0 Å². The minimum atomic E-state index is -0.307. The third-order valence-electron chi connectivity index (χ3n) is 2.05. The zero-order chi connectivity index (χ0) is 11.0. The van der Waals surface area contributed by atoms with Crippen molar-refractivity contribution < 1.29 is 4.39 Å². The first-order chi connectivity index (χ1) is 6.56. The highest BCUT2D eigenvalue weighted by Gasteiger charge is 1.98. The van der Waals surface area contributed by atoms with Gasteiger partial charge in [-0.05, 0) is 37.0 Å². The summed E-state index contributed by atoms with van der Waals surface area (Å²) in [5.41, 5.74) is 2.14. The fourth-order valence-electron chi connectivity index (χ4n) is 1.06. The van der Waals surface area contributed by atoms with Gasteiger partial charge in [0.1, 0.15) is 0 Å². The minimum absolute atomic E-state index is 0.307. The Balaban J connectivity index is 3.53. The molecule has 0 fully saturated rings. The van der Waals surface area contributed by atoms with Crippen LogP contribution in [-0.4, -0.2) is 6.67 Å². The summed E-state index contributed by atoms with van der Waals surface area (Å²) >= 11 is 4.11. The maximum Gasteiger partial charge on any atom is 0.0931 e. The Morgan fingerprint density at radius 3 is 1.71 bits per heavy atom. The number of allylic oxidation sites excluding steroid dienone is 3. The van der Waals surface area contributed by atoms with Gasteiger partial charge in [-0.25, -0.2) is 0 Å². The van der Waals surface area contributed by atoms with Crippen molar-refractivity contribution in [3.63, 3.8) is 0 Å². The molecule has 14 heavy (non-hydrogen) atoms. The first-order valence-corrected chi connectivity index (χ1v) is 5.27. The molecule has 0 aliphatic heterocycles. The molecule has 0 nitrogen and oxygen atoms in total. The first kappa shape index (κ1) is 13.5. The van der Waals surface area contributed by atoms with Gasteiger partial charge < -0.3 is 0 Å². The lowest BCUT2D eigenvalue weighted by molar-refractivity contribution is 0.490. The van der Waals surface area contributed by atoms with Crippen molar-refractivity contribution >= 4 is 12.6 Å². The number of alkyl halides is 1. The fourth-order valence-corrected chi connectivity index (χ4v) is 1.17. The molecule has 0 saturated heterocycles. The van der Waals surface area contributed by atoms with Crippen molar-refractivity contribution in [3.8, 4) is 0 Å². The van der Waals surface area contributed by atoms with Crippen molar-refractivity contribution in [1.29, 1.82) is 0 Å². The second-order valence-electron chi connectivity index (χ2n) is 3.51. The van der Waals surface area contributed by atoms with Crippen LogP contribution in [0.25, 0.3) is 0 Å². The van der Waals surface area contributed by atoms with Gasteiger partial charge in [0.15, 0.2) is 0 Å². The molecule has 0 N–H and O–H groups in total. The third kappa shape index (κ3) is 8.11. The standard InChI is InChI=1S/C12H19FS/c1-10(6-7-12(3)14)4-5-11(2)8-9-13/h14H,1-9H2. The van der Waals surface area contributed by atoms with E-state index in [-0.39, 0.29) is 6.67 Å². The van der Waals surface area contributed by atoms with Crippen LogP contribution in [0.1, 0.15) is 32.1 Å². The van der Waals surface area contributed by atoms with Gasteiger partial charge in [-0.1, -0.05) is 30.9 Å². The number of rotatable bonds is 8. The van der Waals surface area contributed by atoms with Gasteiger partial charge in [0.05, 0.1) is 6.67 Å². The van der Waals surface area contributed by atoms with Crippen LogP contribution in [0.2, 0.25) is 0 Å². The molecule has 0 atom stereocenters. The Labute approximate surface area is 92.0 Å². The summed E-state index contributed by atoms with van der Waals surface area (Å²) in [6.45, 7) is 11.1. The summed E-state index contributed by atoms with van der Waals surface area (Å²) in [7, 11) is 0. The van der Waals surface area contributed by atoms with E-state index < -0.39 is 0 Å². The largest absolute Gasteiger partial charge is 0.251 e. The minimum Gasteiger partial charge on any atom is -0.251 e. The SMILES string of the molecule is C=C(S)CCC(=C)CCC(=C)CCF. The third-order valence-corrected chi connectivity index (χ3v) is 2.27. The van der Waals surface area contributed by atoms with Gasteiger partial charge in [0.2, 0.25) is 0 Å². The molecule has 0 aromatic carbocycles. The van der Waals surface area contributed by atoms with E-state index >= 15 is 0 Å². The summed E-state index contributed by atoms with van der Waals surface area (Å²) < 4.78 is 11.9. The molecule has 0 saturated carbocycles. The van der Waals surface area contributed by atoms with Gasteiger partial charge in [-0.2, -0.15) is 0 Å². The predicted molar refractivity (Wildman–Crippen MR) is 65.5 cm³/mol. The maximum atomic E-state index is 11.9. The molecule has 0 aromatic heterocycles. The zero-order valence-corrected chi connectivity index (χ0v) is 9.58. The molecule has 0 aliphatic carbocycles. The molecule has 0 heterocycles. The highest BCUT2D eigenvalue weighted by molar-refractivity contribution is 7.84. The molecule has 0 bridgehead atoms. The van der Waals surface area contributed by atoms with Gasteiger partial charge in [0.25, 0.3) is 0 Å². The lowest BCUT2D eigenvalue weighted by Crippen LogP contribution is -1.88. The van der Waals surface area contributed by atoms with E-state index in [0.29, 0.717) is 6.42 Å². The Hall–Kier alpha value is -0.500. The van der Waals surface area contributed by atoms with E-state index in [1.54, 1.807) is 0 Å². The van der Waals surface area contributed by atoms with E-state index in [1.165, 1.54) is 5.57 Å². The Kier molecular flexibility index (Phi) is 7.58. The summed E-state index contributed by atoms with van der Waals surface area (Å²) in [6.07, 6.45) is 4.02. The van der Waals surface area contributed by atoms with Crippen LogP contribution in [0.15, 0.2) is 35.8 Å². The summed E-state index contributed by atoms with van der Waals surface area (Å²) in [4.78, 5) is 0.883. The second-order valence-corrected chi connectivity index (χ2v) is 4.14. The summed E-state index contributed by atoms with van der Waals surface area (Å²) in [5.74, 6) is 0. The van der Waals surface area contributed by atoms with Gasteiger partial charge in [0, 0.05) is 0 Å². The van der Waals surface area contributed by atoms with Crippen LogP contribution in [0.5, 0.6) is 0 Å². The fraction of sp³-hybridized carbons (Fsp3) is 0.500. The normalized spacial score (nSPS) is 9.86. The Morgan fingerprint density at radius 2 is 1.29 bits per heavy atom. The van der Waals surface area contributed by atoms with E-state index in [0.717, 1.165) is 36.2 Å². The lowest BCUT2D eigenvalue weighted by Gasteiger charge is -2.06. The predicted octanol–water partition coefficient (Wildman–Crippen LogP) is 4.46. The molecular weight excluding hydrogens is 195 g/mol. The van der Waals surface area contributed by atoms with Gasteiger partial charge in [-0.15, -0.1) is 12.6 Å². The van der Waals surface area contributed by atoms with Crippen LogP contribution in [0, 0.1) is 0 Å². The van der Waals surface area contributed by atoms with Crippen LogP contribution in [-0.2, 0) is 0 Å². The molecule has 0 rings (SSSR count). The van der Waals surface area contributed by atoms with Gasteiger partial charge in [-0.3, -0.25) is 4.39 Å². The smallest absolute Gasteiger partial charge is 0.0931 e. The van der Waals surface area contributed by atoms with E-state index in [9.17, 15) is 4.39 Å². The second kappa shape index (κ2) is 7.86. The van der Waals surface area contributed by atoms with Gasteiger partial charge >= 0.3 is 0 Å². The molecule has 2 heteroatoms. The van der Waals surface area contributed by atoms with E-state index in [1.807, 2.05) is 0 Å². The quantitative estimate of drug-likeness (QED) is 0.447. The summed E-state index contributed by atoms with van der Waals surface area (Å²) in [5, 5.41) is 0. The maximum absolute atomic E-state index is 11.9.